The minimum Gasteiger partial charge on any atom is -0.396 e. The maximum atomic E-state index is 10.9. The zero-order chi connectivity index (χ0) is 11.9. The third-order valence-electron chi connectivity index (χ3n) is 4.82. The van der Waals surface area contributed by atoms with Gasteiger partial charge in [-0.3, -0.25) is 0 Å². The molecule has 1 unspecified atom stereocenters. The van der Waals surface area contributed by atoms with Crippen molar-refractivity contribution in [2.75, 3.05) is 18.1 Å². The van der Waals surface area contributed by atoms with Gasteiger partial charge in [0.15, 0.2) is 0 Å². The predicted molar refractivity (Wildman–Crippen MR) is 68.7 cm³/mol. The van der Waals surface area contributed by atoms with Gasteiger partial charge in [-0.25, -0.2) is 0 Å². The second-order valence-corrected chi connectivity index (χ2v) is 7.54. The van der Waals surface area contributed by atoms with Gasteiger partial charge in [-0.05, 0) is 43.3 Å². The molecule has 16 heavy (non-hydrogen) atoms. The van der Waals surface area contributed by atoms with Crippen molar-refractivity contribution in [2.45, 2.75) is 51.6 Å². The molecule has 1 saturated carbocycles. The van der Waals surface area contributed by atoms with Gasteiger partial charge in [0.1, 0.15) is 0 Å². The van der Waals surface area contributed by atoms with Crippen LogP contribution in [0.5, 0.6) is 0 Å². The molecule has 2 nitrogen and oxygen atoms in total. The summed E-state index contributed by atoms with van der Waals surface area (Å²) in [5.41, 5.74) is -0.455. The van der Waals surface area contributed by atoms with Gasteiger partial charge in [-0.2, -0.15) is 11.8 Å². The van der Waals surface area contributed by atoms with Crippen molar-refractivity contribution in [3.63, 3.8) is 0 Å². The molecule has 0 aromatic carbocycles. The van der Waals surface area contributed by atoms with E-state index in [0.29, 0.717) is 5.41 Å². The van der Waals surface area contributed by atoms with Crippen LogP contribution in [0.15, 0.2) is 0 Å². The van der Waals surface area contributed by atoms with Gasteiger partial charge in [0.25, 0.3) is 0 Å². The molecule has 1 saturated heterocycles. The number of aliphatic hydroxyl groups excluding tert-OH is 1. The Morgan fingerprint density at radius 1 is 1.06 bits per heavy atom. The highest BCUT2D eigenvalue weighted by atomic mass is 32.2. The zero-order valence-corrected chi connectivity index (χ0v) is 11.3. The molecule has 0 bridgehead atoms. The summed E-state index contributed by atoms with van der Waals surface area (Å²) >= 11 is 1.88. The number of aliphatic hydroxyl groups is 2. The molecule has 3 heteroatoms. The average Bonchev–Trinajstić information content (AvgIpc) is 2.73. The number of hydrogen-bond donors (Lipinski definition) is 2. The van der Waals surface area contributed by atoms with Crippen LogP contribution in [0.3, 0.4) is 0 Å². The van der Waals surface area contributed by atoms with Crippen LogP contribution < -0.4 is 0 Å². The van der Waals surface area contributed by atoms with Gasteiger partial charge in [0, 0.05) is 11.2 Å². The molecule has 0 aromatic heterocycles. The van der Waals surface area contributed by atoms with Crippen LogP contribution in [0, 0.1) is 10.8 Å². The summed E-state index contributed by atoms with van der Waals surface area (Å²) in [7, 11) is 0. The van der Waals surface area contributed by atoms with Crippen LogP contribution in [0.2, 0.25) is 0 Å². The summed E-state index contributed by atoms with van der Waals surface area (Å²) in [4.78, 5) is 0. The Morgan fingerprint density at radius 3 is 2.12 bits per heavy atom. The standard InChI is InChI=1S/C13H24O2S/c1-11(2)3-5-13(15,6-4-11)12(9-14)7-8-16-10-12/h14-15H,3-10H2,1-2H3. The summed E-state index contributed by atoms with van der Waals surface area (Å²) < 4.78 is 0. The second kappa shape index (κ2) is 4.18. The van der Waals surface area contributed by atoms with Gasteiger partial charge in [0.2, 0.25) is 0 Å². The molecule has 0 aromatic rings. The first-order chi connectivity index (χ1) is 7.43. The van der Waals surface area contributed by atoms with Gasteiger partial charge in [-0.15, -0.1) is 0 Å². The van der Waals surface area contributed by atoms with Crippen LogP contribution in [0.1, 0.15) is 46.0 Å². The fourth-order valence-electron chi connectivity index (χ4n) is 3.12. The van der Waals surface area contributed by atoms with Gasteiger partial charge in [0.05, 0.1) is 12.2 Å². The molecule has 94 valence electrons. The predicted octanol–water partition coefficient (Wildman–Crippen LogP) is 2.43. The van der Waals surface area contributed by atoms with Crippen molar-refractivity contribution in [1.82, 2.24) is 0 Å². The van der Waals surface area contributed by atoms with Gasteiger partial charge < -0.3 is 10.2 Å². The van der Waals surface area contributed by atoms with Crippen LogP contribution >= 0.6 is 11.8 Å². The molecule has 0 spiro atoms. The number of hydrogen-bond acceptors (Lipinski definition) is 3. The Hall–Kier alpha value is 0.270. The minimum absolute atomic E-state index is 0.150. The third-order valence-corrected chi connectivity index (χ3v) is 6.07. The highest BCUT2D eigenvalue weighted by molar-refractivity contribution is 7.99. The Bertz CT molecular complexity index is 247. The van der Waals surface area contributed by atoms with E-state index >= 15 is 0 Å². The first-order valence-electron chi connectivity index (χ1n) is 6.34. The van der Waals surface area contributed by atoms with E-state index in [1.165, 1.54) is 0 Å². The molecule has 0 amide bonds. The van der Waals surface area contributed by atoms with E-state index in [-0.39, 0.29) is 12.0 Å². The number of thioether (sulfide) groups is 1. The molecule has 2 aliphatic rings. The lowest BCUT2D eigenvalue weighted by Crippen LogP contribution is -2.53. The van der Waals surface area contributed by atoms with E-state index in [2.05, 4.69) is 13.8 Å². The first-order valence-corrected chi connectivity index (χ1v) is 7.50. The first kappa shape index (κ1) is 12.7. The molecular formula is C13H24O2S. The fraction of sp³-hybridized carbons (Fsp3) is 1.00. The lowest BCUT2D eigenvalue weighted by Gasteiger charge is -2.49. The average molecular weight is 244 g/mol. The molecule has 2 N–H and O–H groups in total. The van der Waals surface area contributed by atoms with Crippen molar-refractivity contribution in [3.8, 4) is 0 Å². The smallest absolute Gasteiger partial charge is 0.0734 e. The molecule has 1 heterocycles. The molecular weight excluding hydrogens is 220 g/mol. The topological polar surface area (TPSA) is 40.5 Å². The summed E-state index contributed by atoms with van der Waals surface area (Å²) in [5.74, 6) is 2.02. The molecule has 1 aliphatic carbocycles. The summed E-state index contributed by atoms with van der Waals surface area (Å²) in [6, 6.07) is 0. The van der Waals surface area contributed by atoms with Gasteiger partial charge >= 0.3 is 0 Å². The lowest BCUT2D eigenvalue weighted by atomic mass is 9.60. The van der Waals surface area contributed by atoms with E-state index in [1.54, 1.807) is 0 Å². The molecule has 1 atom stereocenters. The summed E-state index contributed by atoms with van der Waals surface area (Å²) in [6.07, 6.45) is 4.86. The SMILES string of the molecule is CC1(C)CCC(O)(C2(CO)CCSC2)CC1. The molecule has 1 aliphatic heterocycles. The number of rotatable bonds is 2. The Balaban J connectivity index is 2.13. The van der Waals surface area contributed by atoms with Crippen molar-refractivity contribution < 1.29 is 10.2 Å². The largest absolute Gasteiger partial charge is 0.396 e. The van der Waals surface area contributed by atoms with Crippen molar-refractivity contribution >= 4 is 11.8 Å². The lowest BCUT2D eigenvalue weighted by molar-refractivity contribution is -0.132. The molecule has 2 fully saturated rings. The van der Waals surface area contributed by atoms with Crippen molar-refractivity contribution in [3.05, 3.63) is 0 Å². The summed E-state index contributed by atoms with van der Waals surface area (Å²) in [5, 5.41) is 20.6. The van der Waals surface area contributed by atoms with Crippen LogP contribution in [0.25, 0.3) is 0 Å². The minimum atomic E-state index is -0.610. The fourth-order valence-corrected chi connectivity index (χ4v) is 4.69. The maximum Gasteiger partial charge on any atom is 0.0734 e. The van der Waals surface area contributed by atoms with E-state index in [0.717, 1.165) is 43.6 Å². The zero-order valence-electron chi connectivity index (χ0n) is 10.5. The van der Waals surface area contributed by atoms with E-state index < -0.39 is 5.60 Å². The van der Waals surface area contributed by atoms with Crippen molar-refractivity contribution in [2.24, 2.45) is 10.8 Å². The molecule has 2 rings (SSSR count). The highest BCUT2D eigenvalue weighted by Crippen LogP contribution is 2.53. The molecule has 0 radical (unpaired) electrons. The van der Waals surface area contributed by atoms with Crippen LogP contribution in [0.4, 0.5) is 0 Å². The van der Waals surface area contributed by atoms with E-state index in [1.807, 2.05) is 11.8 Å². The van der Waals surface area contributed by atoms with Crippen molar-refractivity contribution in [1.29, 1.82) is 0 Å². The van der Waals surface area contributed by atoms with E-state index in [9.17, 15) is 10.2 Å². The quantitative estimate of drug-likeness (QED) is 0.784. The Labute approximate surface area is 103 Å². The van der Waals surface area contributed by atoms with E-state index in [4.69, 9.17) is 0 Å². The highest BCUT2D eigenvalue weighted by Gasteiger charge is 2.53. The maximum absolute atomic E-state index is 10.9. The third kappa shape index (κ3) is 2.02. The summed E-state index contributed by atoms with van der Waals surface area (Å²) in [6.45, 7) is 4.71. The van der Waals surface area contributed by atoms with Crippen LogP contribution in [-0.2, 0) is 0 Å². The Kier molecular flexibility index (Phi) is 3.32. The monoisotopic (exact) mass is 244 g/mol. The second-order valence-electron chi connectivity index (χ2n) is 6.44. The van der Waals surface area contributed by atoms with Gasteiger partial charge in [-0.1, -0.05) is 13.8 Å². The Morgan fingerprint density at radius 2 is 1.69 bits per heavy atom. The normalized spacial score (nSPS) is 37.5. The van der Waals surface area contributed by atoms with Crippen LogP contribution in [-0.4, -0.2) is 33.9 Å².